The van der Waals surface area contributed by atoms with E-state index in [-0.39, 0.29) is 35.7 Å². The Morgan fingerprint density at radius 3 is 2.29 bits per heavy atom. The highest BCUT2D eigenvalue weighted by Gasteiger charge is 2.44. The van der Waals surface area contributed by atoms with Crippen LogP contribution in [0.2, 0.25) is 0 Å². The van der Waals surface area contributed by atoms with E-state index in [4.69, 9.17) is 4.74 Å². The zero-order valence-electron chi connectivity index (χ0n) is 14.2. The summed E-state index contributed by atoms with van der Waals surface area (Å²) >= 11 is 0. The number of carbonyl (C=O) groups is 2. The first-order valence-electron chi connectivity index (χ1n) is 8.00. The van der Waals surface area contributed by atoms with Crippen LogP contribution in [0, 0.1) is 11.8 Å². The summed E-state index contributed by atoms with van der Waals surface area (Å²) in [6.07, 6.45) is 1.48. The molecule has 1 aliphatic heterocycles. The van der Waals surface area contributed by atoms with Crippen LogP contribution in [-0.4, -0.2) is 48.6 Å². The third kappa shape index (κ3) is 3.76. The van der Waals surface area contributed by atoms with E-state index in [2.05, 4.69) is 19.2 Å². The first-order chi connectivity index (χ1) is 9.88. The quantitative estimate of drug-likeness (QED) is 0.780. The lowest BCUT2D eigenvalue weighted by Crippen LogP contribution is -2.68. The maximum Gasteiger partial charge on any atom is 0.246 e. The van der Waals surface area contributed by atoms with Crippen molar-refractivity contribution < 1.29 is 14.3 Å². The average molecular weight is 298 g/mol. The van der Waals surface area contributed by atoms with Gasteiger partial charge in [-0.3, -0.25) is 9.59 Å². The second-order valence-corrected chi connectivity index (χ2v) is 6.31. The number of methoxy groups -OCH3 is 1. The molecule has 2 amide bonds. The number of rotatable bonds is 7. The Balaban J connectivity index is 3.13. The molecule has 1 saturated heterocycles. The van der Waals surface area contributed by atoms with Crippen LogP contribution < -0.4 is 5.32 Å². The Bertz CT molecular complexity index is 371. The van der Waals surface area contributed by atoms with Gasteiger partial charge < -0.3 is 15.0 Å². The van der Waals surface area contributed by atoms with Gasteiger partial charge in [0.05, 0.1) is 12.6 Å². The highest BCUT2D eigenvalue weighted by molar-refractivity contribution is 5.97. The fraction of sp³-hybridized carbons (Fsp3) is 0.875. The lowest BCUT2D eigenvalue weighted by molar-refractivity contribution is -0.156. The molecule has 21 heavy (non-hydrogen) atoms. The molecule has 0 radical (unpaired) electrons. The number of nitrogens with one attached hydrogen (secondary N) is 1. The molecule has 5 heteroatoms. The van der Waals surface area contributed by atoms with Gasteiger partial charge >= 0.3 is 0 Å². The van der Waals surface area contributed by atoms with Crippen molar-refractivity contribution in [3.05, 3.63) is 0 Å². The van der Waals surface area contributed by atoms with Crippen molar-refractivity contribution in [1.29, 1.82) is 0 Å². The summed E-state index contributed by atoms with van der Waals surface area (Å²) < 4.78 is 5.29. The summed E-state index contributed by atoms with van der Waals surface area (Å²) in [6.45, 7) is 10.6. The fourth-order valence-corrected chi connectivity index (χ4v) is 2.91. The van der Waals surface area contributed by atoms with Gasteiger partial charge in [0.2, 0.25) is 11.8 Å². The molecule has 1 fully saturated rings. The lowest BCUT2D eigenvalue weighted by atomic mass is 9.90. The smallest absolute Gasteiger partial charge is 0.246 e. The van der Waals surface area contributed by atoms with E-state index in [1.54, 1.807) is 12.0 Å². The molecule has 4 atom stereocenters. The summed E-state index contributed by atoms with van der Waals surface area (Å²) in [5.41, 5.74) is 0. The highest BCUT2D eigenvalue weighted by atomic mass is 16.5. The third-order valence-electron chi connectivity index (χ3n) is 4.52. The van der Waals surface area contributed by atoms with E-state index in [0.29, 0.717) is 13.0 Å². The first-order valence-corrected chi connectivity index (χ1v) is 8.00. The fourth-order valence-electron chi connectivity index (χ4n) is 2.91. The average Bonchev–Trinajstić information content (AvgIpc) is 2.45. The van der Waals surface area contributed by atoms with E-state index in [9.17, 15) is 9.59 Å². The molecule has 0 aromatic rings. The molecule has 0 bridgehead atoms. The number of ether oxygens (including phenoxy) is 1. The van der Waals surface area contributed by atoms with Crippen LogP contribution in [0.15, 0.2) is 0 Å². The molecule has 4 unspecified atom stereocenters. The minimum absolute atomic E-state index is 0.0338. The van der Waals surface area contributed by atoms with Crippen molar-refractivity contribution >= 4 is 11.8 Å². The number of nitrogens with zero attached hydrogens (tertiary/aromatic N) is 1. The summed E-state index contributed by atoms with van der Waals surface area (Å²) in [7, 11) is 1.64. The van der Waals surface area contributed by atoms with Gasteiger partial charge in [-0.1, -0.05) is 41.0 Å². The van der Waals surface area contributed by atoms with Gasteiger partial charge in [-0.15, -0.1) is 0 Å². The predicted molar refractivity (Wildman–Crippen MR) is 82.8 cm³/mol. The van der Waals surface area contributed by atoms with Crippen molar-refractivity contribution in [2.75, 3.05) is 13.7 Å². The Kier molecular flexibility index (Phi) is 6.65. The van der Waals surface area contributed by atoms with Gasteiger partial charge in [-0.25, -0.2) is 0 Å². The van der Waals surface area contributed by atoms with E-state index >= 15 is 0 Å². The minimum atomic E-state index is -0.414. The van der Waals surface area contributed by atoms with Gasteiger partial charge in [0.1, 0.15) is 12.1 Å². The molecule has 1 aliphatic rings. The van der Waals surface area contributed by atoms with Crippen LogP contribution in [0.1, 0.15) is 47.5 Å². The highest BCUT2D eigenvalue weighted by Crippen LogP contribution is 2.24. The predicted octanol–water partition coefficient (Wildman–Crippen LogP) is 1.81. The van der Waals surface area contributed by atoms with E-state index in [1.807, 2.05) is 20.8 Å². The maximum atomic E-state index is 12.9. The van der Waals surface area contributed by atoms with Crippen LogP contribution in [0.3, 0.4) is 0 Å². The number of hydrogen-bond acceptors (Lipinski definition) is 3. The van der Waals surface area contributed by atoms with Crippen molar-refractivity contribution in [3.8, 4) is 0 Å². The Labute approximate surface area is 128 Å². The molecular weight excluding hydrogens is 268 g/mol. The number of piperazine rings is 1. The summed E-state index contributed by atoms with van der Waals surface area (Å²) in [5, 5.41) is 2.91. The molecule has 122 valence electrons. The van der Waals surface area contributed by atoms with E-state index in [0.717, 1.165) is 6.42 Å². The largest absolute Gasteiger partial charge is 0.383 e. The molecule has 1 N–H and O–H groups in total. The molecular formula is C16H30N2O3. The number of amides is 2. The molecule has 1 rings (SSSR count). The first kappa shape index (κ1) is 18.0. The molecule has 1 heterocycles. The third-order valence-corrected chi connectivity index (χ3v) is 4.52. The van der Waals surface area contributed by atoms with Crippen LogP contribution in [0.5, 0.6) is 0 Å². The van der Waals surface area contributed by atoms with Crippen LogP contribution in [0.4, 0.5) is 0 Å². The number of carbonyl (C=O) groups excluding carboxylic acids is 2. The maximum absolute atomic E-state index is 12.9. The SMILES string of the molecule is CCC(C)C1NC(=O)C(CC)N(C(COC)C(C)C)C1=O. The normalized spacial score (nSPS) is 26.0. The van der Waals surface area contributed by atoms with Crippen LogP contribution in [-0.2, 0) is 14.3 Å². The van der Waals surface area contributed by atoms with Gasteiger partial charge in [0.25, 0.3) is 0 Å². The molecule has 5 nitrogen and oxygen atoms in total. The van der Waals surface area contributed by atoms with E-state index in [1.165, 1.54) is 0 Å². The summed E-state index contributed by atoms with van der Waals surface area (Å²) in [5.74, 6) is 0.374. The summed E-state index contributed by atoms with van der Waals surface area (Å²) in [6, 6.07) is -0.867. The molecule has 0 aromatic heterocycles. The van der Waals surface area contributed by atoms with Gasteiger partial charge in [0.15, 0.2) is 0 Å². The second-order valence-electron chi connectivity index (χ2n) is 6.31. The van der Waals surface area contributed by atoms with Gasteiger partial charge in [-0.05, 0) is 18.3 Å². The Morgan fingerprint density at radius 1 is 1.24 bits per heavy atom. The standard InChI is InChI=1S/C16H30N2O3/c1-7-11(5)14-16(20)18(12(8-2)15(19)17-14)13(9-21-6)10(3)4/h10-14H,7-9H2,1-6H3,(H,17,19). The van der Waals surface area contributed by atoms with Crippen molar-refractivity contribution in [3.63, 3.8) is 0 Å². The molecule has 0 spiro atoms. The summed E-state index contributed by atoms with van der Waals surface area (Å²) in [4.78, 5) is 27.1. The minimum Gasteiger partial charge on any atom is -0.383 e. The van der Waals surface area contributed by atoms with Crippen LogP contribution in [0.25, 0.3) is 0 Å². The number of hydrogen-bond donors (Lipinski definition) is 1. The topological polar surface area (TPSA) is 58.6 Å². The van der Waals surface area contributed by atoms with Crippen molar-refractivity contribution in [1.82, 2.24) is 10.2 Å². The monoisotopic (exact) mass is 298 g/mol. The second kappa shape index (κ2) is 7.78. The molecule has 0 aliphatic carbocycles. The zero-order chi connectivity index (χ0) is 16.2. The zero-order valence-corrected chi connectivity index (χ0v) is 14.2. The van der Waals surface area contributed by atoms with Gasteiger partial charge in [0, 0.05) is 7.11 Å². The Morgan fingerprint density at radius 2 is 1.86 bits per heavy atom. The van der Waals surface area contributed by atoms with Gasteiger partial charge in [-0.2, -0.15) is 0 Å². The van der Waals surface area contributed by atoms with Crippen LogP contribution >= 0.6 is 0 Å². The van der Waals surface area contributed by atoms with Crippen molar-refractivity contribution in [2.45, 2.75) is 65.6 Å². The molecule has 0 saturated carbocycles. The Hall–Kier alpha value is -1.10. The lowest BCUT2D eigenvalue weighted by Gasteiger charge is -2.45. The van der Waals surface area contributed by atoms with E-state index < -0.39 is 6.04 Å². The molecule has 0 aromatic carbocycles. The van der Waals surface area contributed by atoms with Crippen molar-refractivity contribution in [2.24, 2.45) is 11.8 Å².